The molecule has 0 saturated heterocycles. The highest BCUT2D eigenvalue weighted by molar-refractivity contribution is 7.93. The summed E-state index contributed by atoms with van der Waals surface area (Å²) < 4.78 is 56.7. The van der Waals surface area contributed by atoms with Crippen molar-refractivity contribution >= 4 is 43.1 Å². The summed E-state index contributed by atoms with van der Waals surface area (Å²) >= 11 is 0. The van der Waals surface area contributed by atoms with Gasteiger partial charge < -0.3 is 10.6 Å². The fraction of sp³-hybridized carbons (Fsp3) is 0.490. The second kappa shape index (κ2) is 19.2. The quantitative estimate of drug-likeness (QED) is 0.121. The average Bonchev–Trinajstić information content (AvgIpc) is 3.95. The number of nitrogens with zero attached hydrogens (tertiary/aromatic N) is 2. The summed E-state index contributed by atoms with van der Waals surface area (Å²) in [4.78, 5) is 31.8. The Morgan fingerprint density at radius 2 is 0.984 bits per heavy atom. The first-order valence-electron chi connectivity index (χ1n) is 22.8. The third-order valence-electron chi connectivity index (χ3n) is 13.4. The number of rotatable bonds is 14. The molecule has 12 heteroatoms. The molecule has 4 amide bonds. The third-order valence-corrected chi connectivity index (χ3v) is 18.5. The lowest BCUT2D eigenvalue weighted by atomic mass is 9.92. The van der Waals surface area contributed by atoms with Gasteiger partial charge in [-0.15, -0.1) is 0 Å². The maximum atomic E-state index is 15.7. The number of carbonyl (C=O) groups is 2. The fourth-order valence-corrected chi connectivity index (χ4v) is 13.9. The van der Waals surface area contributed by atoms with E-state index < -0.39 is 41.2 Å². The number of hydrogen-bond acceptors (Lipinski definition) is 6. The van der Waals surface area contributed by atoms with Crippen LogP contribution in [0.5, 0.6) is 0 Å². The van der Waals surface area contributed by atoms with E-state index in [1.807, 2.05) is 71.0 Å². The Morgan fingerprint density at radius 3 is 1.46 bits per heavy atom. The Kier molecular flexibility index (Phi) is 14.6. The number of aryl methyl sites for hydroxylation is 1. The van der Waals surface area contributed by atoms with Crippen molar-refractivity contribution in [2.24, 2.45) is 0 Å². The van der Waals surface area contributed by atoms with Crippen LogP contribution in [0, 0.1) is 6.92 Å². The Labute approximate surface area is 377 Å². The van der Waals surface area contributed by atoms with E-state index in [0.29, 0.717) is 49.9 Å². The van der Waals surface area contributed by atoms with Crippen molar-refractivity contribution in [1.82, 2.24) is 10.3 Å². The van der Waals surface area contributed by atoms with Crippen LogP contribution in [0.1, 0.15) is 158 Å². The Morgan fingerprint density at radius 1 is 0.556 bits per heavy atom. The zero-order chi connectivity index (χ0) is 45.9. The van der Waals surface area contributed by atoms with Crippen molar-refractivity contribution < 1.29 is 26.4 Å². The molecule has 10 nitrogen and oxygen atoms in total. The highest BCUT2D eigenvalue weighted by Crippen LogP contribution is 2.45. The van der Waals surface area contributed by atoms with Crippen LogP contribution in [0.4, 0.5) is 21.0 Å². The molecular weight excluding hydrogens is 829 g/mol. The minimum atomic E-state index is -4.09. The molecule has 0 bridgehead atoms. The summed E-state index contributed by atoms with van der Waals surface area (Å²) in [6.07, 6.45) is 3.89. The molecule has 2 aliphatic carbocycles. The molecule has 2 saturated carbocycles. The van der Waals surface area contributed by atoms with E-state index in [1.165, 1.54) is 10.0 Å². The molecule has 0 heterocycles. The summed E-state index contributed by atoms with van der Waals surface area (Å²) in [5, 5.41) is 9.02. The van der Waals surface area contributed by atoms with Crippen molar-refractivity contribution in [3.8, 4) is 0 Å². The second-order valence-corrected chi connectivity index (χ2v) is 23.8. The van der Waals surface area contributed by atoms with Crippen LogP contribution in [0.15, 0.2) is 101 Å². The van der Waals surface area contributed by atoms with Gasteiger partial charge in [0.1, 0.15) is 0 Å². The van der Waals surface area contributed by atoms with Crippen LogP contribution < -0.4 is 15.6 Å². The molecule has 0 aliphatic heterocycles. The predicted octanol–water partition coefficient (Wildman–Crippen LogP) is 12.0. The van der Waals surface area contributed by atoms with E-state index >= 15 is 18.0 Å². The topological polar surface area (TPSA) is 133 Å². The van der Waals surface area contributed by atoms with Crippen LogP contribution in [-0.4, -0.2) is 56.5 Å². The Hall–Kier alpha value is -4.68. The maximum absolute atomic E-state index is 15.7. The summed E-state index contributed by atoms with van der Waals surface area (Å²) in [6.45, 7) is 17.7. The largest absolute Gasteiger partial charge is 0.341 e. The van der Waals surface area contributed by atoms with Gasteiger partial charge in [0.25, 0.3) is 0 Å². The second-order valence-electron chi connectivity index (χ2n) is 19.1. The smallest absolute Gasteiger partial charge is 0.335 e. The van der Waals surface area contributed by atoms with Gasteiger partial charge in [0, 0.05) is 12.2 Å². The minimum absolute atomic E-state index is 0.0266. The lowest BCUT2D eigenvalue weighted by molar-refractivity contribution is 0.189. The van der Waals surface area contributed by atoms with E-state index in [-0.39, 0.29) is 59.4 Å². The monoisotopic (exact) mass is 896 g/mol. The zero-order valence-electron chi connectivity index (χ0n) is 38.7. The number of hydrogen-bond donors (Lipinski definition) is 2. The maximum Gasteiger partial charge on any atom is 0.341 e. The summed E-state index contributed by atoms with van der Waals surface area (Å²) in [6, 6.07) is 25.6. The van der Waals surface area contributed by atoms with Crippen molar-refractivity contribution in [2.45, 2.75) is 157 Å². The van der Waals surface area contributed by atoms with E-state index in [2.05, 4.69) is 38.3 Å². The van der Waals surface area contributed by atoms with Crippen LogP contribution in [0.3, 0.4) is 0 Å². The van der Waals surface area contributed by atoms with Crippen molar-refractivity contribution in [2.75, 3.05) is 23.4 Å². The van der Waals surface area contributed by atoms with Gasteiger partial charge in [-0.2, -0.15) is 5.01 Å². The first kappa shape index (κ1) is 47.8. The van der Waals surface area contributed by atoms with Gasteiger partial charge in [-0.1, -0.05) is 153 Å². The number of hydrazine groups is 1. The molecule has 0 aromatic heterocycles. The van der Waals surface area contributed by atoms with Crippen molar-refractivity contribution in [3.63, 3.8) is 0 Å². The molecule has 2 aliphatic rings. The lowest BCUT2D eigenvalue weighted by Gasteiger charge is -2.43. The van der Waals surface area contributed by atoms with Gasteiger partial charge >= 0.3 is 12.1 Å². The lowest BCUT2D eigenvalue weighted by Crippen LogP contribution is -2.62. The minimum Gasteiger partial charge on any atom is -0.335 e. The van der Waals surface area contributed by atoms with Crippen LogP contribution >= 0.6 is 0 Å². The number of sulfone groups is 2. The molecule has 4 aromatic carbocycles. The highest BCUT2D eigenvalue weighted by atomic mass is 32.2. The fourth-order valence-electron chi connectivity index (χ4n) is 9.68. The molecule has 0 radical (unpaired) electrons. The number of carbonyl (C=O) groups excluding carboxylic acids is 2. The summed E-state index contributed by atoms with van der Waals surface area (Å²) in [5.74, 6) is -0.188. The van der Waals surface area contributed by atoms with Crippen molar-refractivity contribution in [1.29, 1.82) is 0 Å². The number of nitrogens with one attached hydrogen (secondary N) is 2. The molecular formula is C51H68N4O6S2. The SMILES string of the molecule is Cc1ccc(S(=O)(=O)C2(CNC(=O)N(c3c(C(C)C)cccc3C(C)C)N(CC3(S(=O)(=O)c4ccccc4)CCCC3)C(=O)Nc3c(C(C)C)cccc3C(C)C)CCCC2)cc1. The first-order valence-corrected chi connectivity index (χ1v) is 25.8. The van der Waals surface area contributed by atoms with Gasteiger partial charge in [0.15, 0.2) is 19.7 Å². The van der Waals surface area contributed by atoms with Gasteiger partial charge in [-0.25, -0.2) is 31.4 Å². The Bertz CT molecular complexity index is 2420. The summed E-state index contributed by atoms with van der Waals surface area (Å²) in [5.41, 5.74) is 5.43. The normalized spacial score (nSPS) is 16.2. The molecule has 2 fully saturated rings. The van der Waals surface area contributed by atoms with Gasteiger partial charge in [0.2, 0.25) is 0 Å². The number of urea groups is 2. The third kappa shape index (κ3) is 9.44. The molecule has 2 N–H and O–H groups in total. The molecule has 4 aromatic rings. The van der Waals surface area contributed by atoms with E-state index in [9.17, 15) is 8.42 Å². The molecule has 63 heavy (non-hydrogen) atoms. The van der Waals surface area contributed by atoms with Crippen molar-refractivity contribution in [3.05, 3.63) is 119 Å². The van der Waals surface area contributed by atoms with Crippen LogP contribution in [0.2, 0.25) is 0 Å². The molecule has 6 rings (SSSR count). The number of amides is 4. The predicted molar refractivity (Wildman–Crippen MR) is 255 cm³/mol. The highest BCUT2D eigenvalue weighted by Gasteiger charge is 2.52. The van der Waals surface area contributed by atoms with Gasteiger partial charge in [-0.3, -0.25) is 0 Å². The number of anilines is 2. The first-order chi connectivity index (χ1) is 29.8. The average molecular weight is 897 g/mol. The van der Waals surface area contributed by atoms with E-state index in [4.69, 9.17) is 0 Å². The van der Waals surface area contributed by atoms with E-state index in [1.54, 1.807) is 54.6 Å². The number of para-hydroxylation sites is 2. The molecule has 0 spiro atoms. The standard InChI is InChI=1S/C51H68N4O6S2/c1-35(2)42-21-17-22-43(36(3)4)46(42)53-49(57)54(34-51(31-15-16-32-51)63(60,61)40-19-11-10-12-20-40)55(47-44(37(5)6)23-18-24-45(47)38(7)8)48(56)52-33-50(29-13-14-30-50)62(58,59)41-27-25-39(9)26-28-41/h10-12,17-28,35-38H,13-16,29-34H2,1-9H3,(H,52,56)(H,53,57). The zero-order valence-corrected chi connectivity index (χ0v) is 40.3. The number of benzene rings is 4. The van der Waals surface area contributed by atoms with E-state index in [0.717, 1.165) is 27.8 Å². The van der Waals surface area contributed by atoms with Gasteiger partial charge in [0.05, 0.1) is 31.5 Å². The molecule has 0 atom stereocenters. The molecule has 0 unspecified atom stereocenters. The van der Waals surface area contributed by atoms with Crippen LogP contribution in [0.25, 0.3) is 0 Å². The molecule has 340 valence electrons. The van der Waals surface area contributed by atoms with Crippen LogP contribution in [-0.2, 0) is 19.7 Å². The summed E-state index contributed by atoms with van der Waals surface area (Å²) in [7, 11) is -8.02. The van der Waals surface area contributed by atoms with Gasteiger partial charge in [-0.05, 0) is 103 Å². The Balaban J connectivity index is 1.58.